The molecule has 2 aromatic carbocycles. The molecule has 4 N–H and O–H groups in total. The lowest BCUT2D eigenvalue weighted by Crippen LogP contribution is -2.36. The number of carbonyl (C=O) groups excluding carboxylic acids is 2. The zero-order valence-corrected chi connectivity index (χ0v) is 33.6. The molecule has 5 aromatic rings. The average Bonchev–Trinajstić information content (AvgIpc) is 3.72. The third kappa shape index (κ3) is 8.66. The van der Waals surface area contributed by atoms with Crippen molar-refractivity contribution in [3.63, 3.8) is 0 Å². The fourth-order valence-electron chi connectivity index (χ4n) is 7.10. The molecule has 0 unspecified atom stereocenters. The van der Waals surface area contributed by atoms with Crippen LogP contribution in [0.3, 0.4) is 0 Å². The van der Waals surface area contributed by atoms with Gasteiger partial charge in [0.15, 0.2) is 5.82 Å². The minimum absolute atomic E-state index is 0.000836. The van der Waals surface area contributed by atoms with E-state index in [0.29, 0.717) is 21.8 Å². The molecule has 0 aliphatic heterocycles. The lowest BCUT2D eigenvalue weighted by molar-refractivity contribution is -0.130. The first kappa shape index (κ1) is 43.1. The van der Waals surface area contributed by atoms with E-state index in [-0.39, 0.29) is 50.7 Å². The Labute approximate surface area is 339 Å². The van der Waals surface area contributed by atoms with Crippen LogP contribution in [0.25, 0.3) is 22.0 Å². The van der Waals surface area contributed by atoms with Crippen molar-refractivity contribution in [1.29, 1.82) is 0 Å². The standard InChI is InChI=1S/C41H40ClF6N7O4/c1-19-20(2)41(47,48)35-30(19)33(36(45)46)52-55(35)18-29(56)50-28(16-21-14-22(43)17-23(44)15-21)32-25(9-8-24(49-32)12-13-39(3,4)58)26-10-11-27(42)31-34(26)54(7)53-37(31)51-38(57)40(5,6)59/h8-11,14-15,17,19-20,28,36,58-59H,16,18H2,1-7H3,(H,50,56)(H,51,53,57)/t19-,20+,28-/m0/s1. The number of anilines is 1. The van der Waals surface area contributed by atoms with Gasteiger partial charge in [0.25, 0.3) is 18.3 Å². The van der Waals surface area contributed by atoms with Gasteiger partial charge in [-0.25, -0.2) is 22.5 Å². The number of benzene rings is 2. The summed E-state index contributed by atoms with van der Waals surface area (Å²) in [5, 5.41) is 34.5. The van der Waals surface area contributed by atoms with Crippen molar-refractivity contribution in [2.45, 2.75) is 90.0 Å². The molecule has 312 valence electrons. The van der Waals surface area contributed by atoms with E-state index < -0.39 is 82.8 Å². The number of amides is 2. The van der Waals surface area contributed by atoms with Gasteiger partial charge in [0.2, 0.25) is 5.91 Å². The van der Waals surface area contributed by atoms with Crippen LogP contribution in [0.4, 0.5) is 32.2 Å². The molecule has 59 heavy (non-hydrogen) atoms. The van der Waals surface area contributed by atoms with Crippen LogP contribution in [0.15, 0.2) is 42.5 Å². The highest BCUT2D eigenvalue weighted by Gasteiger charge is 2.55. The first-order valence-corrected chi connectivity index (χ1v) is 18.7. The second kappa shape index (κ2) is 15.6. The third-order valence-corrected chi connectivity index (χ3v) is 10.4. The maximum Gasteiger partial charge on any atom is 0.292 e. The highest BCUT2D eigenvalue weighted by atomic mass is 35.5. The number of fused-ring (bicyclic) bond motifs is 2. The van der Waals surface area contributed by atoms with E-state index >= 15 is 8.78 Å². The highest BCUT2D eigenvalue weighted by Crippen LogP contribution is 2.54. The summed E-state index contributed by atoms with van der Waals surface area (Å²) in [7, 11) is 1.56. The zero-order chi connectivity index (χ0) is 43.5. The fourth-order valence-corrected chi connectivity index (χ4v) is 7.35. The van der Waals surface area contributed by atoms with E-state index in [0.717, 1.165) is 12.1 Å². The molecule has 1 aliphatic rings. The SMILES string of the molecule is C[C@@H]1c2c(C(F)F)nn(CC(=O)N[C@@H](Cc3cc(F)cc(F)c3)c3nc(C#CC(C)(C)O)ccc3-c3ccc(Cl)c4c(NC(=O)C(C)(C)O)nn(C)c34)c2C(F)(F)[C@@H]1C. The molecule has 3 aromatic heterocycles. The molecule has 6 rings (SSSR count). The second-order valence-corrected chi connectivity index (χ2v) is 16.1. The quantitative estimate of drug-likeness (QED) is 0.0843. The molecule has 3 atom stereocenters. The molecule has 18 heteroatoms. The lowest BCUT2D eigenvalue weighted by atomic mass is 9.93. The number of nitrogens with one attached hydrogen (secondary N) is 2. The number of carbonyl (C=O) groups is 2. The Balaban J connectivity index is 1.54. The van der Waals surface area contributed by atoms with Crippen LogP contribution in [0, 0.1) is 29.4 Å². The van der Waals surface area contributed by atoms with Crippen LogP contribution in [0.2, 0.25) is 5.02 Å². The van der Waals surface area contributed by atoms with E-state index in [2.05, 4.69) is 32.7 Å². The van der Waals surface area contributed by atoms with Crippen LogP contribution in [-0.4, -0.2) is 57.8 Å². The van der Waals surface area contributed by atoms with Gasteiger partial charge in [-0.3, -0.25) is 19.0 Å². The summed E-state index contributed by atoms with van der Waals surface area (Å²) in [5.41, 5.74) is -4.13. The van der Waals surface area contributed by atoms with Gasteiger partial charge in [-0.05, 0) is 81.8 Å². The number of pyridine rings is 1. The molecular formula is C41H40ClF6N7O4. The molecule has 2 amide bonds. The molecule has 0 spiro atoms. The molecule has 0 saturated carbocycles. The largest absolute Gasteiger partial charge is 0.381 e. The minimum Gasteiger partial charge on any atom is -0.381 e. The molecule has 11 nitrogen and oxygen atoms in total. The molecule has 0 bridgehead atoms. The number of rotatable bonds is 10. The van der Waals surface area contributed by atoms with E-state index in [4.69, 9.17) is 16.6 Å². The van der Waals surface area contributed by atoms with E-state index in [1.54, 1.807) is 19.2 Å². The second-order valence-electron chi connectivity index (χ2n) is 15.7. The summed E-state index contributed by atoms with van der Waals surface area (Å²) in [5.74, 6) is -4.20. The zero-order valence-electron chi connectivity index (χ0n) is 32.9. The van der Waals surface area contributed by atoms with E-state index in [9.17, 15) is 37.4 Å². The van der Waals surface area contributed by atoms with Crippen molar-refractivity contribution in [3.8, 4) is 23.0 Å². The number of aromatic nitrogens is 5. The molecule has 0 fully saturated rings. The van der Waals surface area contributed by atoms with Gasteiger partial charge in [0, 0.05) is 35.7 Å². The minimum atomic E-state index is -3.61. The number of alkyl halides is 4. The van der Waals surface area contributed by atoms with Gasteiger partial charge < -0.3 is 20.8 Å². The van der Waals surface area contributed by atoms with E-state index in [1.165, 1.54) is 58.4 Å². The number of aliphatic hydroxyl groups is 2. The predicted octanol–water partition coefficient (Wildman–Crippen LogP) is 7.48. The number of nitrogens with zero attached hydrogens (tertiary/aromatic N) is 5. The highest BCUT2D eigenvalue weighted by molar-refractivity contribution is 6.37. The van der Waals surface area contributed by atoms with Crippen molar-refractivity contribution < 1.29 is 46.1 Å². The van der Waals surface area contributed by atoms with Gasteiger partial charge in [0.1, 0.15) is 46.5 Å². The van der Waals surface area contributed by atoms with Crippen molar-refractivity contribution in [2.24, 2.45) is 13.0 Å². The summed E-state index contributed by atoms with van der Waals surface area (Å²) >= 11 is 6.67. The molecule has 1 aliphatic carbocycles. The summed E-state index contributed by atoms with van der Waals surface area (Å²) in [6.45, 7) is 7.11. The Morgan fingerprint density at radius 1 is 0.983 bits per heavy atom. The molecule has 0 radical (unpaired) electrons. The first-order chi connectivity index (χ1) is 27.4. The summed E-state index contributed by atoms with van der Waals surface area (Å²) in [6.07, 6.45) is -3.56. The Morgan fingerprint density at radius 3 is 2.24 bits per heavy atom. The van der Waals surface area contributed by atoms with Gasteiger partial charge >= 0.3 is 0 Å². The summed E-state index contributed by atoms with van der Waals surface area (Å²) in [6, 6.07) is 7.56. The topological polar surface area (TPSA) is 147 Å². The van der Waals surface area contributed by atoms with Crippen LogP contribution >= 0.6 is 11.6 Å². The predicted molar refractivity (Wildman–Crippen MR) is 207 cm³/mol. The van der Waals surface area contributed by atoms with E-state index in [1.807, 2.05) is 0 Å². The maximum absolute atomic E-state index is 15.6. The van der Waals surface area contributed by atoms with Crippen LogP contribution < -0.4 is 10.6 Å². The summed E-state index contributed by atoms with van der Waals surface area (Å²) < 4.78 is 90.7. The molecular weight excluding hydrogens is 804 g/mol. The maximum atomic E-state index is 15.6. The molecule has 3 heterocycles. The lowest BCUT2D eigenvalue weighted by Gasteiger charge is -2.23. The van der Waals surface area contributed by atoms with Crippen LogP contribution in [0.1, 0.15) is 93.8 Å². The van der Waals surface area contributed by atoms with Crippen molar-refractivity contribution >= 4 is 40.1 Å². The normalized spacial score (nSPS) is 16.8. The van der Waals surface area contributed by atoms with Gasteiger partial charge in [-0.1, -0.05) is 37.4 Å². The summed E-state index contributed by atoms with van der Waals surface area (Å²) in [4.78, 5) is 31.6. The third-order valence-electron chi connectivity index (χ3n) is 10.1. The number of aryl methyl sites for hydroxylation is 1. The van der Waals surface area contributed by atoms with Crippen molar-refractivity contribution in [3.05, 3.63) is 93.0 Å². The Hall–Kier alpha value is -5.44. The smallest absolute Gasteiger partial charge is 0.292 e. The fraction of sp³-hybridized carbons (Fsp3) is 0.390. The number of halogens is 7. The van der Waals surface area contributed by atoms with Crippen LogP contribution in [0.5, 0.6) is 0 Å². The Bertz CT molecular complexity index is 2530. The monoisotopic (exact) mass is 843 g/mol. The van der Waals surface area contributed by atoms with Crippen LogP contribution in [-0.2, 0) is 35.5 Å². The van der Waals surface area contributed by atoms with Crippen molar-refractivity contribution in [1.82, 2.24) is 29.9 Å². The van der Waals surface area contributed by atoms with Gasteiger partial charge in [-0.2, -0.15) is 19.0 Å². The average molecular weight is 844 g/mol. The number of hydrogen-bond donors (Lipinski definition) is 4. The van der Waals surface area contributed by atoms with Gasteiger partial charge in [-0.15, -0.1) is 0 Å². The number of hydrogen-bond acceptors (Lipinski definition) is 7. The first-order valence-electron chi connectivity index (χ1n) is 18.3. The van der Waals surface area contributed by atoms with Crippen molar-refractivity contribution in [2.75, 3.05) is 5.32 Å². The Morgan fingerprint density at radius 2 is 1.63 bits per heavy atom. The Kier molecular flexibility index (Phi) is 11.4. The molecule has 0 saturated heterocycles. The van der Waals surface area contributed by atoms with Gasteiger partial charge in [0.05, 0.1) is 27.7 Å².